The summed E-state index contributed by atoms with van der Waals surface area (Å²) in [5, 5.41) is 13.5. The van der Waals surface area contributed by atoms with Crippen LogP contribution in [0.3, 0.4) is 0 Å². The summed E-state index contributed by atoms with van der Waals surface area (Å²) in [5.74, 6) is -0.413. The van der Waals surface area contributed by atoms with Crippen molar-refractivity contribution in [3.05, 3.63) is 52.0 Å². The Morgan fingerprint density at radius 2 is 2.05 bits per heavy atom. The zero-order chi connectivity index (χ0) is 27.2. The van der Waals surface area contributed by atoms with Gasteiger partial charge >= 0.3 is 0 Å². The van der Waals surface area contributed by atoms with E-state index in [1.807, 2.05) is 56.6 Å². The van der Waals surface area contributed by atoms with E-state index in [-0.39, 0.29) is 24.3 Å². The van der Waals surface area contributed by atoms with Gasteiger partial charge in [0, 0.05) is 25.6 Å². The molecule has 3 aromatic rings. The second-order valence-electron chi connectivity index (χ2n) is 10.3. The summed E-state index contributed by atoms with van der Waals surface area (Å²) in [7, 11) is 7.03. The number of thiazole rings is 1. The number of nitrogens with one attached hydrogen (secondary N) is 1. The molecular formula is C26H28B2N5O3S2. The number of amidine groups is 1. The molecule has 5 rings (SSSR count). The van der Waals surface area contributed by atoms with Crippen LogP contribution in [0.2, 0.25) is 0 Å². The van der Waals surface area contributed by atoms with Crippen LogP contribution in [0.5, 0.6) is 0 Å². The van der Waals surface area contributed by atoms with E-state index in [9.17, 15) is 14.7 Å². The highest BCUT2D eigenvalue weighted by Gasteiger charge is 2.48. The van der Waals surface area contributed by atoms with Crippen molar-refractivity contribution in [1.82, 2.24) is 19.6 Å². The molecule has 3 radical (unpaired) electrons. The molecule has 8 nitrogen and oxygen atoms in total. The van der Waals surface area contributed by atoms with Crippen molar-refractivity contribution >= 4 is 61.0 Å². The van der Waals surface area contributed by atoms with Crippen molar-refractivity contribution in [2.45, 2.75) is 57.7 Å². The van der Waals surface area contributed by atoms with Crippen molar-refractivity contribution in [3.63, 3.8) is 0 Å². The maximum atomic E-state index is 13.9. The third kappa shape index (κ3) is 4.74. The molecule has 1 saturated heterocycles. The van der Waals surface area contributed by atoms with Gasteiger partial charge in [0.2, 0.25) is 5.91 Å². The predicted molar refractivity (Wildman–Crippen MR) is 152 cm³/mol. The molecule has 0 aliphatic carbocycles. The van der Waals surface area contributed by atoms with Crippen LogP contribution in [0.25, 0.3) is 10.4 Å². The average Bonchev–Trinajstić information content (AvgIpc) is 3.67. The standard InChI is InChI=1S/C26H28B2N5O3S2/c1-13(2)21(19-10-20(28-27)32-38-19)24(35)33-11-17(34)9-18(33)23-30-25(36)26(4,31-23)16-7-5-15(6-8-16)22-14(3)29-12-37-22/h5-8,10,12-13,17-18,21,34H,9,11H2,1-4H3,(H,30,31,36)/t17-,18?,21?,26+/m1/s1. The molecule has 193 valence electrons. The Balaban J connectivity index is 1.43. The van der Waals surface area contributed by atoms with Crippen LogP contribution in [-0.2, 0) is 15.1 Å². The lowest BCUT2D eigenvalue weighted by Crippen LogP contribution is -2.48. The largest absolute Gasteiger partial charge is 0.391 e. The molecule has 1 aromatic carbocycles. The SMILES string of the molecule is [B][B]c1cc(C(C(=O)N2C[C@H](O)CC2C2=N[C@@](C)(c3ccc(-c4scnc4C)cc3)C(=O)N2)C(C)C)sn1. The topological polar surface area (TPSA) is 108 Å². The third-order valence-electron chi connectivity index (χ3n) is 7.32. The van der Waals surface area contributed by atoms with E-state index in [0.29, 0.717) is 17.8 Å². The van der Waals surface area contributed by atoms with Gasteiger partial charge in [-0.15, -0.1) is 11.3 Å². The Kier molecular flexibility index (Phi) is 7.32. The van der Waals surface area contributed by atoms with Gasteiger partial charge in [0.05, 0.1) is 34.1 Å². The number of amides is 2. The fourth-order valence-corrected chi connectivity index (χ4v) is 6.99. The highest BCUT2D eigenvalue weighted by molar-refractivity contribution is 7.13. The molecule has 0 spiro atoms. The van der Waals surface area contributed by atoms with Gasteiger partial charge in [-0.2, -0.15) is 0 Å². The summed E-state index contributed by atoms with van der Waals surface area (Å²) in [4.78, 5) is 39.9. The minimum absolute atomic E-state index is 0.00182. The summed E-state index contributed by atoms with van der Waals surface area (Å²) in [6.45, 7) is 7.90. The van der Waals surface area contributed by atoms with E-state index in [1.165, 1.54) is 18.7 Å². The monoisotopic (exact) mass is 544 g/mol. The zero-order valence-corrected chi connectivity index (χ0v) is 23.3. The Labute approximate surface area is 232 Å². The number of benzene rings is 1. The van der Waals surface area contributed by atoms with Gasteiger partial charge in [0.25, 0.3) is 5.91 Å². The molecule has 2 N–H and O–H groups in total. The first-order valence-corrected chi connectivity index (χ1v) is 14.2. The Morgan fingerprint density at radius 3 is 2.66 bits per heavy atom. The van der Waals surface area contributed by atoms with Crippen molar-refractivity contribution in [2.75, 3.05) is 6.54 Å². The van der Waals surface area contributed by atoms with Gasteiger partial charge in [-0.05, 0) is 54.1 Å². The Morgan fingerprint density at radius 1 is 1.32 bits per heavy atom. The fraction of sp³-hybridized carbons (Fsp3) is 0.423. The Bertz CT molecular complexity index is 1390. The summed E-state index contributed by atoms with van der Waals surface area (Å²) >= 11 is 2.83. The smallest absolute Gasteiger partial charge is 0.257 e. The number of aryl methyl sites for hydroxylation is 1. The summed E-state index contributed by atoms with van der Waals surface area (Å²) in [6.07, 6.45) is -0.403. The summed E-state index contributed by atoms with van der Waals surface area (Å²) in [5.41, 5.74) is 4.06. The number of carbonyl (C=O) groups excluding carboxylic acids is 2. The number of aliphatic imine (C=N–C) groups is 1. The number of hydrogen-bond donors (Lipinski definition) is 2. The fourth-order valence-electron chi connectivity index (χ4n) is 5.20. The number of carbonyl (C=O) groups is 2. The number of hydrogen-bond acceptors (Lipinski definition) is 8. The Hall–Kier alpha value is -2.82. The highest BCUT2D eigenvalue weighted by Crippen LogP contribution is 2.36. The number of rotatable bonds is 7. The molecule has 4 atom stereocenters. The van der Waals surface area contributed by atoms with Gasteiger partial charge in [0.1, 0.15) is 13.0 Å². The van der Waals surface area contributed by atoms with E-state index >= 15 is 0 Å². The van der Waals surface area contributed by atoms with Gasteiger partial charge < -0.3 is 15.3 Å². The first-order chi connectivity index (χ1) is 18.1. The number of aliphatic hydroxyl groups is 1. The van der Waals surface area contributed by atoms with Crippen LogP contribution >= 0.6 is 22.9 Å². The van der Waals surface area contributed by atoms with Crippen molar-refractivity contribution < 1.29 is 14.7 Å². The number of nitrogens with zero attached hydrogens (tertiary/aromatic N) is 4. The van der Waals surface area contributed by atoms with E-state index in [4.69, 9.17) is 12.7 Å². The van der Waals surface area contributed by atoms with Crippen LogP contribution < -0.4 is 10.9 Å². The minimum atomic E-state index is -1.14. The molecule has 2 unspecified atom stereocenters. The second kappa shape index (κ2) is 10.4. The van der Waals surface area contributed by atoms with E-state index < -0.39 is 23.6 Å². The third-order valence-corrected chi connectivity index (χ3v) is 9.18. The van der Waals surface area contributed by atoms with Gasteiger partial charge in [-0.25, -0.2) is 14.3 Å². The first kappa shape index (κ1) is 26.8. The average molecular weight is 544 g/mol. The van der Waals surface area contributed by atoms with Crippen molar-refractivity contribution in [3.8, 4) is 10.4 Å². The van der Waals surface area contributed by atoms with Crippen molar-refractivity contribution in [2.24, 2.45) is 10.9 Å². The quantitative estimate of drug-likeness (QED) is 0.444. The normalized spacial score (nSPS) is 24.0. The van der Waals surface area contributed by atoms with Crippen LogP contribution in [0.1, 0.15) is 49.2 Å². The maximum absolute atomic E-state index is 13.9. The molecule has 1 fully saturated rings. The lowest BCUT2D eigenvalue weighted by atomic mass is 9.53. The van der Waals surface area contributed by atoms with Crippen LogP contribution in [-0.4, -0.2) is 70.6 Å². The highest BCUT2D eigenvalue weighted by atomic mass is 32.1. The lowest BCUT2D eigenvalue weighted by Gasteiger charge is -2.29. The summed E-state index contributed by atoms with van der Waals surface area (Å²) < 4.78 is 4.31. The lowest BCUT2D eigenvalue weighted by molar-refractivity contribution is -0.134. The van der Waals surface area contributed by atoms with Crippen LogP contribution in [0.4, 0.5) is 0 Å². The van der Waals surface area contributed by atoms with E-state index in [1.54, 1.807) is 23.2 Å². The molecule has 38 heavy (non-hydrogen) atoms. The number of likely N-dealkylation sites (tertiary alicyclic amines) is 1. The molecule has 0 saturated carbocycles. The van der Waals surface area contributed by atoms with E-state index in [2.05, 4.69) is 14.7 Å². The molecular weight excluding hydrogens is 516 g/mol. The second-order valence-corrected chi connectivity index (χ2v) is 12.0. The van der Waals surface area contributed by atoms with Gasteiger partial charge in [-0.1, -0.05) is 38.1 Å². The van der Waals surface area contributed by atoms with Crippen LogP contribution in [0, 0.1) is 12.8 Å². The van der Waals surface area contributed by atoms with Crippen LogP contribution in [0.15, 0.2) is 40.8 Å². The number of aliphatic hydroxyl groups excluding tert-OH is 1. The molecule has 2 amide bonds. The summed E-state index contributed by atoms with van der Waals surface area (Å²) in [6, 6.07) is 9.09. The maximum Gasteiger partial charge on any atom is 0.257 e. The number of aromatic nitrogens is 2. The molecule has 2 aliphatic heterocycles. The minimum Gasteiger partial charge on any atom is -0.391 e. The predicted octanol–water partition coefficient (Wildman–Crippen LogP) is 2.13. The molecule has 12 heteroatoms. The zero-order valence-electron chi connectivity index (χ0n) is 21.7. The van der Waals surface area contributed by atoms with Gasteiger partial charge in [-0.3, -0.25) is 9.59 Å². The molecule has 4 heterocycles. The van der Waals surface area contributed by atoms with E-state index in [0.717, 1.165) is 26.6 Å². The van der Waals surface area contributed by atoms with Crippen molar-refractivity contribution in [1.29, 1.82) is 0 Å². The number of β-amino-alcohol motifs (C(OH)–C–C–N with tert-alkyl or cyclic N) is 1. The molecule has 2 aromatic heterocycles. The molecule has 0 bridgehead atoms. The van der Waals surface area contributed by atoms with Gasteiger partial charge in [0.15, 0.2) is 5.54 Å². The first-order valence-electron chi connectivity index (χ1n) is 12.5. The molecule has 2 aliphatic rings.